The minimum absolute atomic E-state index is 0.131. The lowest BCUT2D eigenvalue weighted by atomic mass is 9.42. The van der Waals surface area contributed by atoms with Crippen LogP contribution in [0.5, 0.6) is 0 Å². The summed E-state index contributed by atoms with van der Waals surface area (Å²) in [5.41, 5.74) is 1.89. The van der Waals surface area contributed by atoms with Gasteiger partial charge >= 0.3 is 6.03 Å². The number of nitrogens with zero attached hydrogens (tertiary/aromatic N) is 1. The minimum Gasteiger partial charge on any atom is -0.372 e. The van der Waals surface area contributed by atoms with E-state index in [1.165, 1.54) is 83.5 Å². The topological polar surface area (TPSA) is 78.5 Å². The second-order valence-corrected chi connectivity index (χ2v) is 17.4. The Balaban J connectivity index is 1.06. The summed E-state index contributed by atoms with van der Waals surface area (Å²) in [6, 6.07) is 6.32. The fourth-order valence-electron chi connectivity index (χ4n) is 11.6. The maximum atomic E-state index is 13.0. The molecule has 4 aliphatic carbocycles. The van der Waals surface area contributed by atoms with Crippen LogP contribution in [0.1, 0.15) is 111 Å². The third kappa shape index (κ3) is 5.74. The highest BCUT2D eigenvalue weighted by molar-refractivity contribution is 7.90. The summed E-state index contributed by atoms with van der Waals surface area (Å²) in [6.07, 6.45) is 17.3. The number of fused-ring (bicyclic) bond motifs is 5. The lowest BCUT2D eigenvalue weighted by Crippen LogP contribution is -2.55. The molecule has 6 nitrogen and oxygen atoms in total. The lowest BCUT2D eigenvalue weighted by Gasteiger charge is -2.63. The van der Waals surface area contributed by atoms with Crippen molar-refractivity contribution in [2.24, 2.45) is 52.3 Å². The summed E-state index contributed by atoms with van der Waals surface area (Å²) < 4.78 is 28.3. The van der Waals surface area contributed by atoms with Crippen LogP contribution in [0.2, 0.25) is 0 Å². The van der Waals surface area contributed by atoms with Crippen LogP contribution in [0.4, 0.5) is 10.5 Å². The number of anilines is 1. The number of amides is 2. The Hall–Kier alpha value is -1.76. The van der Waals surface area contributed by atoms with Crippen LogP contribution in [0, 0.1) is 52.3 Å². The zero-order chi connectivity index (χ0) is 30.4. The van der Waals surface area contributed by atoms with Gasteiger partial charge in [-0.2, -0.15) is 0 Å². The van der Waals surface area contributed by atoms with Crippen LogP contribution in [0.3, 0.4) is 0 Å². The molecule has 2 amide bonds. The van der Waals surface area contributed by atoms with Gasteiger partial charge in [0.1, 0.15) is 0 Å². The van der Waals surface area contributed by atoms with Crippen molar-refractivity contribution in [2.75, 3.05) is 24.5 Å². The summed E-state index contributed by atoms with van der Waals surface area (Å²) in [7, 11) is -3.92. The molecule has 1 aromatic carbocycles. The van der Waals surface area contributed by atoms with Crippen molar-refractivity contribution in [1.82, 2.24) is 10.0 Å². The fraction of sp³-hybridized carbons (Fsp3) is 0.806. The molecule has 0 aromatic heterocycles. The normalized spacial score (nSPS) is 38.4. The third-order valence-electron chi connectivity index (χ3n) is 13.7. The van der Waals surface area contributed by atoms with Gasteiger partial charge in [0.2, 0.25) is 0 Å². The van der Waals surface area contributed by atoms with E-state index in [-0.39, 0.29) is 4.90 Å². The Morgan fingerprint density at radius 2 is 1.63 bits per heavy atom. The average molecular weight is 612 g/mol. The van der Waals surface area contributed by atoms with Gasteiger partial charge in [-0.3, -0.25) is 0 Å². The number of carbonyl (C=O) groups is 1. The number of benzene rings is 1. The van der Waals surface area contributed by atoms with Gasteiger partial charge in [-0.1, -0.05) is 47.0 Å². The van der Waals surface area contributed by atoms with Crippen molar-refractivity contribution in [3.05, 3.63) is 24.3 Å². The van der Waals surface area contributed by atoms with Crippen molar-refractivity contribution < 1.29 is 13.2 Å². The number of carbonyl (C=O) groups excluding carboxylic acids is 1. The highest BCUT2D eigenvalue weighted by atomic mass is 32.2. The molecule has 7 heteroatoms. The predicted molar refractivity (Wildman–Crippen MR) is 174 cm³/mol. The first kappa shape index (κ1) is 31.2. The van der Waals surface area contributed by atoms with Gasteiger partial charge in [-0.15, -0.1) is 0 Å². The van der Waals surface area contributed by atoms with Gasteiger partial charge in [0.05, 0.1) is 4.90 Å². The molecule has 0 spiro atoms. The summed E-state index contributed by atoms with van der Waals surface area (Å²) in [6.45, 7) is 12.5. The minimum atomic E-state index is -3.92. The molecule has 1 aliphatic heterocycles. The van der Waals surface area contributed by atoms with E-state index in [4.69, 9.17) is 0 Å². The molecule has 9 atom stereocenters. The second kappa shape index (κ2) is 12.2. The van der Waals surface area contributed by atoms with E-state index in [1.54, 1.807) is 12.1 Å². The zero-order valence-electron chi connectivity index (χ0n) is 27.2. The van der Waals surface area contributed by atoms with E-state index in [0.29, 0.717) is 29.2 Å². The second-order valence-electron chi connectivity index (χ2n) is 15.7. The molecule has 5 aliphatic rings. The van der Waals surface area contributed by atoms with E-state index >= 15 is 0 Å². The van der Waals surface area contributed by atoms with Gasteiger partial charge in [-0.05, 0) is 141 Å². The zero-order valence-corrected chi connectivity index (χ0v) is 28.1. The van der Waals surface area contributed by atoms with E-state index in [0.717, 1.165) is 48.4 Å². The molecule has 4 saturated carbocycles. The van der Waals surface area contributed by atoms with Gasteiger partial charge in [-0.25, -0.2) is 17.9 Å². The molecule has 2 N–H and O–H groups in total. The molecular formula is C36H57N3O3S. The predicted octanol–water partition coefficient (Wildman–Crippen LogP) is 7.99. The Morgan fingerprint density at radius 3 is 2.35 bits per heavy atom. The van der Waals surface area contributed by atoms with E-state index in [1.807, 2.05) is 12.1 Å². The number of hydrogen-bond donors (Lipinski definition) is 2. The molecule has 2 unspecified atom stereocenters. The number of piperidine rings is 1. The van der Waals surface area contributed by atoms with Crippen LogP contribution in [-0.4, -0.2) is 34.1 Å². The first-order valence-electron chi connectivity index (χ1n) is 17.7. The van der Waals surface area contributed by atoms with Crippen molar-refractivity contribution in [1.29, 1.82) is 0 Å². The van der Waals surface area contributed by atoms with Gasteiger partial charge in [0.25, 0.3) is 10.0 Å². The maximum Gasteiger partial charge on any atom is 0.328 e. The summed E-state index contributed by atoms with van der Waals surface area (Å²) in [5.74, 6) is 5.22. The number of urea groups is 1. The van der Waals surface area contributed by atoms with Gasteiger partial charge in [0.15, 0.2) is 0 Å². The first-order valence-corrected chi connectivity index (χ1v) is 19.2. The third-order valence-corrected chi connectivity index (χ3v) is 15.1. The number of sulfonamides is 1. The molecule has 5 fully saturated rings. The average Bonchev–Trinajstić information content (AvgIpc) is 3.37. The maximum absolute atomic E-state index is 13.0. The Kier molecular flexibility index (Phi) is 8.87. The molecule has 0 radical (unpaired) electrons. The Morgan fingerprint density at radius 1 is 0.907 bits per heavy atom. The number of nitrogens with one attached hydrogen (secondary N) is 2. The monoisotopic (exact) mass is 611 g/mol. The smallest absolute Gasteiger partial charge is 0.328 e. The van der Waals surface area contributed by atoms with Gasteiger partial charge < -0.3 is 10.2 Å². The first-order chi connectivity index (χ1) is 20.6. The van der Waals surface area contributed by atoms with Crippen molar-refractivity contribution >= 4 is 21.7 Å². The molecule has 43 heavy (non-hydrogen) atoms. The Labute approximate surface area is 261 Å². The highest BCUT2D eigenvalue weighted by Crippen LogP contribution is 2.69. The van der Waals surface area contributed by atoms with Crippen LogP contribution in [-0.2, 0) is 10.0 Å². The molecule has 240 valence electrons. The molecule has 6 rings (SSSR count). The van der Waals surface area contributed by atoms with Crippen molar-refractivity contribution in [3.8, 4) is 0 Å². The van der Waals surface area contributed by atoms with Crippen LogP contribution >= 0.6 is 0 Å². The fourth-order valence-corrected chi connectivity index (χ4v) is 12.5. The standard InChI is InChI=1S/C36H57N3O3S/c1-5-26-23-29-32-17-16-30(36(32,4)20-18-33(29)35(3)19-8-7-11-31(26)35)25(2)24-37-34(40)38-43(41,42)28-14-12-27(13-15-28)39-21-9-6-10-22-39/h12-15,25-26,29-33H,5-11,16-24H2,1-4H3,(H2,37,38,40)/t25-,26+,29+,30?,31+,32?,33+,35+,36-/m1/s1. The van der Waals surface area contributed by atoms with Crippen LogP contribution < -0.4 is 14.9 Å². The summed E-state index contributed by atoms with van der Waals surface area (Å²) in [5, 5.41) is 2.94. The number of rotatable bonds is 7. The SMILES string of the molecule is CC[C@H]1C[C@H]2C3CCC([C@H](C)CNC(=O)NS(=O)(=O)c4ccc(N5CCCCC5)cc4)[C@@]3(C)CC[C@@H]2[C@@]2(C)CCCC[C@@H]12. The largest absolute Gasteiger partial charge is 0.372 e. The van der Waals surface area contributed by atoms with Crippen molar-refractivity contribution in [2.45, 2.75) is 116 Å². The highest BCUT2D eigenvalue weighted by Gasteiger charge is 2.61. The molecular weight excluding hydrogens is 554 g/mol. The quantitative estimate of drug-likeness (QED) is 0.328. The molecule has 1 aromatic rings. The van der Waals surface area contributed by atoms with E-state index < -0.39 is 16.1 Å². The van der Waals surface area contributed by atoms with Crippen LogP contribution in [0.25, 0.3) is 0 Å². The number of hydrogen-bond acceptors (Lipinski definition) is 4. The van der Waals surface area contributed by atoms with Crippen molar-refractivity contribution in [3.63, 3.8) is 0 Å². The van der Waals surface area contributed by atoms with Gasteiger partial charge in [0, 0.05) is 25.3 Å². The van der Waals surface area contributed by atoms with E-state index in [9.17, 15) is 13.2 Å². The molecule has 1 saturated heterocycles. The Bertz CT molecular complexity index is 1240. The van der Waals surface area contributed by atoms with E-state index in [2.05, 4.69) is 42.6 Å². The summed E-state index contributed by atoms with van der Waals surface area (Å²) >= 11 is 0. The molecule has 0 bridgehead atoms. The summed E-state index contributed by atoms with van der Waals surface area (Å²) in [4.78, 5) is 15.3. The lowest BCUT2D eigenvalue weighted by molar-refractivity contribution is -0.137. The molecule has 1 heterocycles. The van der Waals surface area contributed by atoms with Crippen LogP contribution in [0.15, 0.2) is 29.2 Å².